The number of rotatable bonds is 6. The van der Waals surface area contributed by atoms with E-state index >= 15 is 0 Å². The van der Waals surface area contributed by atoms with E-state index in [1.54, 1.807) is 0 Å². The number of fused-ring (bicyclic) bond motifs is 1. The molecular formula is C26H36N8S. The highest BCUT2D eigenvalue weighted by Gasteiger charge is 2.21. The van der Waals surface area contributed by atoms with Gasteiger partial charge >= 0.3 is 0 Å². The van der Waals surface area contributed by atoms with Gasteiger partial charge in [0.15, 0.2) is 5.84 Å². The van der Waals surface area contributed by atoms with Gasteiger partial charge in [-0.25, -0.2) is 15.0 Å². The maximum Gasteiger partial charge on any atom is 0.226 e. The Balaban J connectivity index is 1.33. The average Bonchev–Trinajstić information content (AvgIpc) is 3.10. The standard InChI is InChI=1S/C26H36N8S/c1-19-8-9-21(32-35-22-6-4-3-5-7-22)16-20(19)17-29-25-24-23(27-10-11-28-25)18-30-26(31-24)34-14-12-33(2)13-15-34/h8-9,11,16,18,22,27,32H,3-7,10,12-15,17H2,1-2H3. The number of benzene rings is 1. The lowest BCUT2D eigenvalue weighted by Crippen LogP contribution is -2.45. The molecule has 2 aliphatic heterocycles. The number of likely N-dealkylation sites (N-methyl/N-ethyl adjacent to an activating group) is 1. The number of hydrogen-bond acceptors (Lipinski definition) is 8. The number of nitrogens with zero attached hydrogens (tertiary/aromatic N) is 6. The molecule has 35 heavy (non-hydrogen) atoms. The highest BCUT2D eigenvalue weighted by molar-refractivity contribution is 8.01. The lowest BCUT2D eigenvalue weighted by atomic mass is 10.0. The topological polar surface area (TPSA) is 81.0 Å². The number of aromatic nitrogens is 2. The van der Waals surface area contributed by atoms with Crippen LogP contribution in [0.4, 0.5) is 17.3 Å². The Morgan fingerprint density at radius 2 is 1.97 bits per heavy atom. The van der Waals surface area contributed by atoms with Crippen molar-refractivity contribution in [2.45, 2.75) is 50.8 Å². The molecule has 0 unspecified atom stereocenters. The quantitative estimate of drug-likeness (QED) is 0.580. The molecule has 3 heterocycles. The van der Waals surface area contributed by atoms with Crippen LogP contribution in [-0.2, 0) is 6.54 Å². The number of hydrogen-bond donors (Lipinski definition) is 2. The van der Waals surface area contributed by atoms with E-state index in [4.69, 9.17) is 9.98 Å². The van der Waals surface area contributed by atoms with Gasteiger partial charge in [0.05, 0.1) is 25.0 Å². The van der Waals surface area contributed by atoms with Gasteiger partial charge < -0.3 is 19.8 Å². The van der Waals surface area contributed by atoms with Crippen molar-refractivity contribution in [2.24, 2.45) is 9.98 Å². The lowest BCUT2D eigenvalue weighted by molar-refractivity contribution is 0.311. The zero-order valence-electron chi connectivity index (χ0n) is 20.8. The molecule has 1 aromatic carbocycles. The highest BCUT2D eigenvalue weighted by atomic mass is 32.2. The molecule has 8 nitrogen and oxygen atoms in total. The van der Waals surface area contributed by atoms with E-state index in [1.165, 1.54) is 43.2 Å². The van der Waals surface area contributed by atoms with Crippen molar-refractivity contribution >= 4 is 41.3 Å². The van der Waals surface area contributed by atoms with Crippen molar-refractivity contribution in [2.75, 3.05) is 54.7 Å². The summed E-state index contributed by atoms with van der Waals surface area (Å²) < 4.78 is 3.59. The molecule has 0 radical (unpaired) electrons. The number of aliphatic imine (C=N–C) groups is 2. The van der Waals surface area contributed by atoms with E-state index in [2.05, 4.69) is 62.0 Å². The van der Waals surface area contributed by atoms with Crippen LogP contribution in [0.25, 0.3) is 0 Å². The molecule has 1 aromatic heterocycles. The maximum atomic E-state index is 4.93. The molecule has 1 aliphatic carbocycles. The van der Waals surface area contributed by atoms with Crippen molar-refractivity contribution < 1.29 is 0 Å². The molecule has 3 aliphatic rings. The molecule has 186 valence electrons. The largest absolute Gasteiger partial charge is 0.377 e. The maximum absolute atomic E-state index is 4.93. The van der Waals surface area contributed by atoms with E-state index in [0.717, 1.165) is 49.2 Å². The molecule has 2 aromatic rings. The first-order chi connectivity index (χ1) is 17.2. The SMILES string of the molecule is Cc1ccc(NSC2CCCCC2)cc1CN=C1N=CCNc2cnc(N3CCN(C)CC3)nc21. The van der Waals surface area contributed by atoms with Crippen molar-refractivity contribution in [3.05, 3.63) is 41.2 Å². The number of nitrogens with one attached hydrogen (secondary N) is 2. The summed E-state index contributed by atoms with van der Waals surface area (Å²) in [5.41, 5.74) is 5.25. The molecular weight excluding hydrogens is 456 g/mol. The van der Waals surface area contributed by atoms with Gasteiger partial charge in [0, 0.05) is 43.3 Å². The second-order valence-electron chi connectivity index (χ2n) is 9.68. The first-order valence-electron chi connectivity index (χ1n) is 12.8. The monoisotopic (exact) mass is 492 g/mol. The molecule has 0 bridgehead atoms. The second kappa shape index (κ2) is 11.4. The van der Waals surface area contributed by atoms with Crippen molar-refractivity contribution in [3.8, 4) is 0 Å². The van der Waals surface area contributed by atoms with Gasteiger partial charge in [0.25, 0.3) is 0 Å². The molecule has 0 spiro atoms. The zero-order valence-corrected chi connectivity index (χ0v) is 21.7. The first kappa shape index (κ1) is 24.1. The fraction of sp³-hybridized carbons (Fsp3) is 0.538. The van der Waals surface area contributed by atoms with Gasteiger partial charge in [-0.15, -0.1) is 0 Å². The second-order valence-corrected chi connectivity index (χ2v) is 10.8. The van der Waals surface area contributed by atoms with Gasteiger partial charge in [-0.05, 0) is 62.0 Å². The van der Waals surface area contributed by atoms with Crippen LogP contribution in [0, 0.1) is 6.92 Å². The normalized spacial score (nSPS) is 20.4. The van der Waals surface area contributed by atoms with Crippen LogP contribution in [-0.4, -0.2) is 71.9 Å². The van der Waals surface area contributed by atoms with Crippen LogP contribution in [0.2, 0.25) is 0 Å². The minimum atomic E-state index is 0.565. The van der Waals surface area contributed by atoms with E-state index < -0.39 is 0 Å². The number of amidine groups is 1. The summed E-state index contributed by atoms with van der Waals surface area (Å²) in [7, 11) is 2.15. The Morgan fingerprint density at radius 3 is 2.80 bits per heavy atom. The zero-order chi connectivity index (χ0) is 24.0. The van der Waals surface area contributed by atoms with Gasteiger partial charge in [-0.2, -0.15) is 0 Å². The summed E-state index contributed by atoms with van der Waals surface area (Å²) in [5, 5.41) is 4.08. The van der Waals surface area contributed by atoms with Crippen LogP contribution in [0.1, 0.15) is 48.9 Å². The van der Waals surface area contributed by atoms with E-state index in [0.29, 0.717) is 24.2 Å². The summed E-state index contributed by atoms with van der Waals surface area (Å²) in [4.78, 5) is 23.7. The van der Waals surface area contributed by atoms with E-state index in [9.17, 15) is 0 Å². The smallest absolute Gasteiger partial charge is 0.226 e. The Kier molecular flexibility index (Phi) is 7.83. The number of piperazine rings is 1. The molecule has 2 N–H and O–H groups in total. The van der Waals surface area contributed by atoms with Crippen LogP contribution in [0.5, 0.6) is 0 Å². The van der Waals surface area contributed by atoms with Crippen molar-refractivity contribution in [1.29, 1.82) is 0 Å². The average molecular weight is 493 g/mol. The summed E-state index contributed by atoms with van der Waals surface area (Å²) in [6, 6.07) is 6.57. The van der Waals surface area contributed by atoms with Gasteiger partial charge in [0.1, 0.15) is 5.69 Å². The Morgan fingerprint density at radius 1 is 1.14 bits per heavy atom. The van der Waals surface area contributed by atoms with Crippen LogP contribution in [0.3, 0.4) is 0 Å². The third-order valence-electron chi connectivity index (χ3n) is 7.02. The van der Waals surface area contributed by atoms with E-state index in [1.807, 2.05) is 24.4 Å². The summed E-state index contributed by atoms with van der Waals surface area (Å²) in [5.74, 6) is 1.42. The highest BCUT2D eigenvalue weighted by Crippen LogP contribution is 2.30. The third-order valence-corrected chi connectivity index (χ3v) is 8.17. The molecule has 1 saturated heterocycles. The molecule has 2 fully saturated rings. The Bertz CT molecular complexity index is 1070. The van der Waals surface area contributed by atoms with Gasteiger partial charge in [-0.3, -0.25) is 4.99 Å². The molecule has 5 rings (SSSR count). The van der Waals surface area contributed by atoms with Crippen LogP contribution < -0.4 is 14.9 Å². The first-order valence-corrected chi connectivity index (χ1v) is 13.7. The van der Waals surface area contributed by atoms with Crippen molar-refractivity contribution in [3.63, 3.8) is 0 Å². The predicted molar refractivity (Wildman–Crippen MR) is 148 cm³/mol. The summed E-state index contributed by atoms with van der Waals surface area (Å²) >= 11 is 1.88. The van der Waals surface area contributed by atoms with Gasteiger partial charge in [0.2, 0.25) is 5.95 Å². The molecule has 0 atom stereocenters. The van der Waals surface area contributed by atoms with Crippen LogP contribution >= 0.6 is 11.9 Å². The molecule has 0 amide bonds. The summed E-state index contributed by atoms with van der Waals surface area (Å²) in [6.07, 6.45) is 10.5. The van der Waals surface area contributed by atoms with Crippen LogP contribution in [0.15, 0.2) is 34.4 Å². The fourth-order valence-corrected chi connectivity index (χ4v) is 5.69. The number of aryl methyl sites for hydroxylation is 1. The Hall–Kier alpha value is -2.65. The third kappa shape index (κ3) is 6.13. The fourth-order valence-electron chi connectivity index (χ4n) is 4.70. The lowest BCUT2D eigenvalue weighted by Gasteiger charge is -2.32. The minimum Gasteiger partial charge on any atom is -0.377 e. The Labute approximate surface area is 212 Å². The predicted octanol–water partition coefficient (Wildman–Crippen LogP) is 4.37. The van der Waals surface area contributed by atoms with Gasteiger partial charge in [-0.1, -0.05) is 25.3 Å². The molecule has 9 heteroatoms. The number of anilines is 3. The summed E-state index contributed by atoms with van der Waals surface area (Å²) in [6.45, 7) is 7.23. The molecule has 1 saturated carbocycles. The van der Waals surface area contributed by atoms with Crippen molar-refractivity contribution in [1.82, 2.24) is 14.9 Å². The minimum absolute atomic E-state index is 0.565. The van der Waals surface area contributed by atoms with E-state index in [-0.39, 0.29) is 0 Å².